The van der Waals surface area contributed by atoms with Gasteiger partial charge in [0.1, 0.15) is 17.6 Å². The second kappa shape index (κ2) is 7.96. The first-order valence-electron chi connectivity index (χ1n) is 7.04. The summed E-state index contributed by atoms with van der Waals surface area (Å²) < 4.78 is 15.4. The maximum absolute atomic E-state index is 12.0. The lowest BCUT2D eigenvalue weighted by atomic mass is 10.1. The van der Waals surface area contributed by atoms with E-state index in [0.29, 0.717) is 16.0 Å². The number of carbonyl (C=O) groups excluding carboxylic acids is 2. The molecular formula is C16H17BrN2O5. The molecule has 1 unspecified atom stereocenters. The zero-order chi connectivity index (χ0) is 17.7. The van der Waals surface area contributed by atoms with Crippen molar-refractivity contribution in [3.63, 3.8) is 0 Å². The molecule has 128 valence electrons. The molecule has 0 bridgehead atoms. The number of ether oxygens (including phenoxy) is 3. The van der Waals surface area contributed by atoms with Crippen LogP contribution in [-0.4, -0.2) is 44.3 Å². The van der Waals surface area contributed by atoms with E-state index in [1.165, 1.54) is 14.2 Å². The first-order valence-corrected chi connectivity index (χ1v) is 7.83. The minimum absolute atomic E-state index is 0.178. The molecule has 0 aliphatic heterocycles. The molecule has 1 heterocycles. The number of hydrogen-bond acceptors (Lipinski definition) is 7. The topological polar surface area (TPSA) is 86.8 Å². The molecule has 0 amide bonds. The zero-order valence-electron chi connectivity index (χ0n) is 13.5. The van der Waals surface area contributed by atoms with Crippen molar-refractivity contribution >= 4 is 44.5 Å². The van der Waals surface area contributed by atoms with Gasteiger partial charge in [-0.1, -0.05) is 6.07 Å². The number of rotatable bonds is 6. The number of nitrogens with one attached hydrogen (secondary N) is 1. The summed E-state index contributed by atoms with van der Waals surface area (Å²) in [5, 5.41) is 4.58. The average Bonchev–Trinajstić information content (AvgIpc) is 2.60. The second-order valence-corrected chi connectivity index (χ2v) is 5.63. The first kappa shape index (κ1) is 18.0. The van der Waals surface area contributed by atoms with Crippen LogP contribution < -0.4 is 10.1 Å². The minimum Gasteiger partial charge on any atom is -0.496 e. The van der Waals surface area contributed by atoms with Crippen LogP contribution >= 0.6 is 15.9 Å². The third-order valence-corrected chi connectivity index (χ3v) is 4.24. The van der Waals surface area contributed by atoms with E-state index in [-0.39, 0.29) is 6.42 Å². The Hall–Kier alpha value is -2.35. The zero-order valence-corrected chi connectivity index (χ0v) is 15.0. The smallest absolute Gasteiger partial charge is 0.328 e. The summed E-state index contributed by atoms with van der Waals surface area (Å²) in [7, 11) is 4.07. The molecule has 0 aliphatic carbocycles. The van der Waals surface area contributed by atoms with Gasteiger partial charge in [0.05, 0.1) is 32.2 Å². The number of fused-ring (bicyclic) bond motifs is 1. The fraction of sp³-hybridized carbons (Fsp3) is 0.312. The van der Waals surface area contributed by atoms with Crippen molar-refractivity contribution in [2.24, 2.45) is 0 Å². The molecule has 1 atom stereocenters. The van der Waals surface area contributed by atoms with Crippen molar-refractivity contribution in [2.75, 3.05) is 26.6 Å². The molecule has 0 aliphatic rings. The lowest BCUT2D eigenvalue weighted by Crippen LogP contribution is -2.33. The third-order valence-electron chi connectivity index (χ3n) is 3.45. The molecule has 2 rings (SSSR count). The number of hydrogen-bond donors (Lipinski definition) is 1. The minimum atomic E-state index is -0.918. The van der Waals surface area contributed by atoms with Crippen LogP contribution in [0.2, 0.25) is 0 Å². The van der Waals surface area contributed by atoms with E-state index in [4.69, 9.17) is 9.47 Å². The normalized spacial score (nSPS) is 11.7. The van der Waals surface area contributed by atoms with Gasteiger partial charge in [-0.2, -0.15) is 0 Å². The van der Waals surface area contributed by atoms with Crippen molar-refractivity contribution < 1.29 is 23.8 Å². The van der Waals surface area contributed by atoms with Crippen LogP contribution in [0.25, 0.3) is 10.8 Å². The predicted octanol–water partition coefficient (Wildman–Crippen LogP) is 2.52. The Morgan fingerprint density at radius 3 is 2.58 bits per heavy atom. The Bertz CT molecular complexity index is 765. The van der Waals surface area contributed by atoms with Crippen LogP contribution in [0.4, 0.5) is 5.82 Å². The highest BCUT2D eigenvalue weighted by Gasteiger charge is 2.25. The van der Waals surface area contributed by atoms with E-state index in [2.05, 4.69) is 31.0 Å². The van der Waals surface area contributed by atoms with Gasteiger partial charge >= 0.3 is 11.9 Å². The van der Waals surface area contributed by atoms with Crippen LogP contribution in [0.3, 0.4) is 0 Å². The Labute approximate surface area is 147 Å². The van der Waals surface area contributed by atoms with Gasteiger partial charge in [-0.05, 0) is 33.4 Å². The highest BCUT2D eigenvalue weighted by Crippen LogP contribution is 2.36. The summed E-state index contributed by atoms with van der Waals surface area (Å²) >= 11 is 3.49. The molecule has 0 spiro atoms. The van der Waals surface area contributed by atoms with Crippen LogP contribution in [0.5, 0.6) is 5.75 Å². The average molecular weight is 397 g/mol. The molecule has 1 aromatic carbocycles. The Morgan fingerprint density at radius 1 is 1.21 bits per heavy atom. The van der Waals surface area contributed by atoms with Crippen molar-refractivity contribution in [3.8, 4) is 5.75 Å². The number of methoxy groups -OCH3 is 3. The molecule has 1 N–H and O–H groups in total. The Kier molecular flexibility index (Phi) is 5.97. The van der Waals surface area contributed by atoms with Gasteiger partial charge in [-0.3, -0.25) is 4.79 Å². The Balaban J connectivity index is 2.46. The van der Waals surface area contributed by atoms with E-state index < -0.39 is 18.0 Å². The molecule has 1 aromatic heterocycles. The molecule has 8 heteroatoms. The van der Waals surface area contributed by atoms with E-state index in [0.717, 1.165) is 10.8 Å². The summed E-state index contributed by atoms with van der Waals surface area (Å²) in [6.07, 6.45) is 1.43. The van der Waals surface area contributed by atoms with Gasteiger partial charge in [0.25, 0.3) is 0 Å². The number of anilines is 1. The van der Waals surface area contributed by atoms with Crippen molar-refractivity contribution in [3.05, 3.63) is 28.9 Å². The lowest BCUT2D eigenvalue weighted by molar-refractivity contribution is -0.148. The molecule has 2 aromatic rings. The fourth-order valence-electron chi connectivity index (χ4n) is 2.23. The molecule has 0 saturated heterocycles. The van der Waals surface area contributed by atoms with E-state index in [1.807, 2.05) is 18.2 Å². The van der Waals surface area contributed by atoms with Crippen LogP contribution in [0.15, 0.2) is 28.9 Å². The molecule has 0 saturated carbocycles. The molecule has 7 nitrogen and oxygen atoms in total. The number of halogens is 1. The van der Waals surface area contributed by atoms with Gasteiger partial charge in [0.15, 0.2) is 0 Å². The van der Waals surface area contributed by atoms with Crippen LogP contribution in [0.1, 0.15) is 6.42 Å². The SMILES string of the molecule is COC(=O)CC(Nc1nccc2ccc(OC)c(Br)c12)C(=O)OC. The molecule has 24 heavy (non-hydrogen) atoms. The van der Waals surface area contributed by atoms with E-state index >= 15 is 0 Å². The van der Waals surface area contributed by atoms with Crippen molar-refractivity contribution in [1.29, 1.82) is 0 Å². The van der Waals surface area contributed by atoms with Crippen LogP contribution in [-0.2, 0) is 19.1 Å². The summed E-state index contributed by atoms with van der Waals surface area (Å²) in [6.45, 7) is 0. The van der Waals surface area contributed by atoms with Gasteiger partial charge in [-0.15, -0.1) is 0 Å². The number of aromatic nitrogens is 1. The summed E-state index contributed by atoms with van der Waals surface area (Å²) in [5.41, 5.74) is 0. The fourth-order valence-corrected chi connectivity index (χ4v) is 2.94. The van der Waals surface area contributed by atoms with E-state index in [9.17, 15) is 9.59 Å². The van der Waals surface area contributed by atoms with Gasteiger partial charge in [0.2, 0.25) is 0 Å². The third kappa shape index (κ3) is 3.76. The number of esters is 2. The van der Waals surface area contributed by atoms with Gasteiger partial charge in [-0.25, -0.2) is 9.78 Å². The molecule has 0 fully saturated rings. The number of benzene rings is 1. The molecule has 0 radical (unpaired) electrons. The molecular weight excluding hydrogens is 380 g/mol. The number of nitrogens with zero attached hydrogens (tertiary/aromatic N) is 1. The summed E-state index contributed by atoms with van der Waals surface area (Å²) in [6, 6.07) is 4.61. The van der Waals surface area contributed by atoms with Gasteiger partial charge < -0.3 is 19.5 Å². The maximum atomic E-state index is 12.0. The quantitative estimate of drug-likeness (QED) is 0.750. The summed E-state index contributed by atoms with van der Waals surface area (Å²) in [4.78, 5) is 27.8. The van der Waals surface area contributed by atoms with Crippen LogP contribution in [0, 0.1) is 0 Å². The maximum Gasteiger partial charge on any atom is 0.328 e. The number of carbonyl (C=O) groups is 2. The Morgan fingerprint density at radius 2 is 1.96 bits per heavy atom. The second-order valence-electron chi connectivity index (χ2n) is 4.84. The first-order chi connectivity index (χ1) is 11.5. The summed E-state index contributed by atoms with van der Waals surface area (Å²) in [5.74, 6) is -0.0632. The number of pyridine rings is 1. The predicted molar refractivity (Wildman–Crippen MR) is 92.1 cm³/mol. The van der Waals surface area contributed by atoms with Crippen molar-refractivity contribution in [2.45, 2.75) is 12.5 Å². The standard InChI is InChI=1S/C16H17BrN2O5/c1-22-11-5-4-9-6-7-18-15(13(9)14(11)17)19-10(16(21)24-3)8-12(20)23-2/h4-7,10H,8H2,1-3H3,(H,18,19). The highest BCUT2D eigenvalue weighted by atomic mass is 79.9. The van der Waals surface area contributed by atoms with E-state index in [1.54, 1.807) is 13.3 Å². The monoisotopic (exact) mass is 396 g/mol. The highest BCUT2D eigenvalue weighted by molar-refractivity contribution is 9.10. The van der Waals surface area contributed by atoms with Crippen molar-refractivity contribution in [1.82, 2.24) is 4.98 Å². The van der Waals surface area contributed by atoms with Gasteiger partial charge in [0, 0.05) is 11.6 Å². The largest absolute Gasteiger partial charge is 0.496 e. The lowest BCUT2D eigenvalue weighted by Gasteiger charge is -2.18.